The predicted octanol–water partition coefficient (Wildman–Crippen LogP) is 0.275. The van der Waals surface area contributed by atoms with E-state index >= 15 is 0 Å². The SMILES string of the molecule is CC1CNCCN1C(C(=O)N1CCOCC1)c1cccnc1. The van der Waals surface area contributed by atoms with Gasteiger partial charge in [0.1, 0.15) is 6.04 Å². The average molecular weight is 304 g/mol. The summed E-state index contributed by atoms with van der Waals surface area (Å²) in [6.07, 6.45) is 3.57. The molecule has 2 aliphatic heterocycles. The van der Waals surface area contributed by atoms with Crippen molar-refractivity contribution in [2.45, 2.75) is 19.0 Å². The molecule has 0 aromatic carbocycles. The summed E-state index contributed by atoms with van der Waals surface area (Å²) in [5.74, 6) is 0.171. The number of hydrogen-bond acceptors (Lipinski definition) is 5. The van der Waals surface area contributed by atoms with Crippen LogP contribution in [0.3, 0.4) is 0 Å². The molecule has 1 amide bonds. The van der Waals surface area contributed by atoms with Crippen molar-refractivity contribution in [3.05, 3.63) is 30.1 Å². The minimum atomic E-state index is -0.246. The number of morpholine rings is 1. The number of aromatic nitrogens is 1. The van der Waals surface area contributed by atoms with Crippen LogP contribution in [0.1, 0.15) is 18.5 Å². The van der Waals surface area contributed by atoms with Gasteiger partial charge in [0.15, 0.2) is 0 Å². The van der Waals surface area contributed by atoms with Gasteiger partial charge in [0.05, 0.1) is 13.2 Å². The second-order valence-electron chi connectivity index (χ2n) is 5.92. The number of hydrogen-bond donors (Lipinski definition) is 1. The second kappa shape index (κ2) is 7.17. The number of carbonyl (C=O) groups is 1. The molecule has 2 aliphatic rings. The van der Waals surface area contributed by atoms with Crippen molar-refractivity contribution in [1.29, 1.82) is 0 Å². The lowest BCUT2D eigenvalue weighted by molar-refractivity contribution is -0.142. The van der Waals surface area contributed by atoms with Crippen molar-refractivity contribution in [2.75, 3.05) is 45.9 Å². The van der Waals surface area contributed by atoms with Gasteiger partial charge in [-0.15, -0.1) is 0 Å². The van der Waals surface area contributed by atoms with Crippen molar-refractivity contribution in [2.24, 2.45) is 0 Å². The Morgan fingerprint density at radius 2 is 2.23 bits per heavy atom. The summed E-state index contributed by atoms with van der Waals surface area (Å²) in [5, 5.41) is 3.39. The minimum absolute atomic E-state index is 0.171. The van der Waals surface area contributed by atoms with Crippen LogP contribution >= 0.6 is 0 Å². The Labute approximate surface area is 131 Å². The van der Waals surface area contributed by atoms with E-state index in [1.807, 2.05) is 23.2 Å². The molecule has 2 fully saturated rings. The highest BCUT2D eigenvalue weighted by Crippen LogP contribution is 2.26. The molecule has 1 aromatic heterocycles. The van der Waals surface area contributed by atoms with E-state index in [4.69, 9.17) is 4.74 Å². The van der Waals surface area contributed by atoms with Crippen LogP contribution in [0.2, 0.25) is 0 Å². The van der Waals surface area contributed by atoms with Crippen LogP contribution in [0.5, 0.6) is 0 Å². The van der Waals surface area contributed by atoms with Gasteiger partial charge in [-0.25, -0.2) is 0 Å². The maximum Gasteiger partial charge on any atom is 0.244 e. The molecule has 0 bridgehead atoms. The first-order chi connectivity index (χ1) is 10.8. The van der Waals surface area contributed by atoms with Crippen LogP contribution in [0.4, 0.5) is 0 Å². The van der Waals surface area contributed by atoms with Crippen molar-refractivity contribution in [3.63, 3.8) is 0 Å². The molecule has 22 heavy (non-hydrogen) atoms. The summed E-state index contributed by atoms with van der Waals surface area (Å²) in [4.78, 5) is 21.6. The number of amides is 1. The standard InChI is InChI=1S/C16H24N4O2/c1-13-11-18-5-6-20(13)15(14-3-2-4-17-12-14)16(21)19-7-9-22-10-8-19/h2-4,12-13,15,18H,5-11H2,1H3. The largest absolute Gasteiger partial charge is 0.378 e. The van der Waals surface area contributed by atoms with Crippen LogP contribution < -0.4 is 5.32 Å². The lowest BCUT2D eigenvalue weighted by atomic mass is 10.0. The zero-order chi connectivity index (χ0) is 15.4. The highest BCUT2D eigenvalue weighted by Gasteiger charge is 2.35. The van der Waals surface area contributed by atoms with E-state index in [1.54, 1.807) is 6.20 Å². The topological polar surface area (TPSA) is 57.7 Å². The number of piperazine rings is 1. The number of ether oxygens (including phenoxy) is 1. The van der Waals surface area contributed by atoms with Crippen molar-refractivity contribution in [1.82, 2.24) is 20.1 Å². The maximum absolute atomic E-state index is 13.1. The molecule has 2 atom stereocenters. The number of nitrogens with one attached hydrogen (secondary N) is 1. The summed E-state index contributed by atoms with van der Waals surface area (Å²) in [6.45, 7) is 7.47. The molecule has 1 aromatic rings. The van der Waals surface area contributed by atoms with E-state index in [0.29, 0.717) is 32.3 Å². The summed E-state index contributed by atoms with van der Waals surface area (Å²) < 4.78 is 5.37. The van der Waals surface area contributed by atoms with Crippen LogP contribution in [0.15, 0.2) is 24.5 Å². The van der Waals surface area contributed by atoms with Crippen LogP contribution in [-0.2, 0) is 9.53 Å². The van der Waals surface area contributed by atoms with Gasteiger partial charge in [-0.3, -0.25) is 14.7 Å². The van der Waals surface area contributed by atoms with Crippen LogP contribution in [-0.4, -0.2) is 72.7 Å². The Hall–Kier alpha value is -1.50. The van der Waals surface area contributed by atoms with E-state index in [2.05, 4.69) is 22.1 Å². The third-order valence-corrected chi connectivity index (χ3v) is 4.44. The third-order valence-electron chi connectivity index (χ3n) is 4.44. The zero-order valence-electron chi connectivity index (χ0n) is 13.1. The molecular formula is C16H24N4O2. The molecule has 1 N–H and O–H groups in total. The molecule has 2 saturated heterocycles. The molecule has 0 aliphatic carbocycles. The predicted molar refractivity (Wildman–Crippen MR) is 83.4 cm³/mol. The maximum atomic E-state index is 13.1. The molecule has 0 spiro atoms. The van der Waals surface area contributed by atoms with E-state index < -0.39 is 0 Å². The van der Waals surface area contributed by atoms with Crippen LogP contribution in [0, 0.1) is 0 Å². The molecule has 120 valence electrons. The fourth-order valence-electron chi connectivity index (χ4n) is 3.21. The molecule has 3 rings (SSSR count). The van der Waals surface area contributed by atoms with Gasteiger partial charge >= 0.3 is 0 Å². The first-order valence-corrected chi connectivity index (χ1v) is 8.00. The van der Waals surface area contributed by atoms with Gasteiger partial charge in [0.25, 0.3) is 0 Å². The molecule has 6 heteroatoms. The van der Waals surface area contributed by atoms with Gasteiger partial charge in [-0.05, 0) is 18.6 Å². The summed E-state index contributed by atoms with van der Waals surface area (Å²) in [7, 11) is 0. The highest BCUT2D eigenvalue weighted by molar-refractivity contribution is 5.83. The number of pyridine rings is 1. The number of carbonyl (C=O) groups excluding carboxylic acids is 1. The first kappa shape index (κ1) is 15.4. The lowest BCUT2D eigenvalue weighted by Gasteiger charge is -2.41. The van der Waals surface area contributed by atoms with E-state index in [1.165, 1.54) is 0 Å². The van der Waals surface area contributed by atoms with Gasteiger partial charge in [-0.1, -0.05) is 6.07 Å². The van der Waals surface area contributed by atoms with E-state index in [-0.39, 0.29) is 11.9 Å². The lowest BCUT2D eigenvalue weighted by Crippen LogP contribution is -2.55. The Morgan fingerprint density at radius 1 is 1.41 bits per heavy atom. The van der Waals surface area contributed by atoms with Crippen molar-refractivity contribution >= 4 is 5.91 Å². The van der Waals surface area contributed by atoms with Gasteiger partial charge in [-0.2, -0.15) is 0 Å². The van der Waals surface area contributed by atoms with Crippen molar-refractivity contribution in [3.8, 4) is 0 Å². The summed E-state index contributed by atoms with van der Waals surface area (Å²) >= 11 is 0. The molecule has 3 heterocycles. The van der Waals surface area contributed by atoms with Gasteiger partial charge in [0.2, 0.25) is 5.91 Å². The first-order valence-electron chi connectivity index (χ1n) is 8.00. The summed E-state index contributed by atoms with van der Waals surface area (Å²) in [6, 6.07) is 3.99. The number of nitrogens with zero attached hydrogens (tertiary/aromatic N) is 3. The van der Waals surface area contributed by atoms with Gasteiger partial charge < -0.3 is 15.0 Å². The van der Waals surface area contributed by atoms with Crippen molar-refractivity contribution < 1.29 is 9.53 Å². The second-order valence-corrected chi connectivity index (χ2v) is 5.92. The average Bonchev–Trinajstić information content (AvgIpc) is 2.58. The van der Waals surface area contributed by atoms with E-state index in [9.17, 15) is 4.79 Å². The van der Waals surface area contributed by atoms with E-state index in [0.717, 1.165) is 25.2 Å². The Kier molecular flexibility index (Phi) is 5.02. The fraction of sp³-hybridized carbons (Fsp3) is 0.625. The molecule has 2 unspecified atom stereocenters. The number of rotatable bonds is 3. The quantitative estimate of drug-likeness (QED) is 0.869. The minimum Gasteiger partial charge on any atom is -0.378 e. The fourth-order valence-corrected chi connectivity index (χ4v) is 3.21. The third kappa shape index (κ3) is 3.29. The van der Waals surface area contributed by atoms with Gasteiger partial charge in [0, 0.05) is 51.2 Å². The summed E-state index contributed by atoms with van der Waals surface area (Å²) in [5.41, 5.74) is 0.979. The Morgan fingerprint density at radius 3 is 2.91 bits per heavy atom. The molecule has 0 radical (unpaired) electrons. The highest BCUT2D eigenvalue weighted by atomic mass is 16.5. The monoisotopic (exact) mass is 304 g/mol. The zero-order valence-corrected chi connectivity index (χ0v) is 13.1. The smallest absolute Gasteiger partial charge is 0.244 e. The van der Waals surface area contributed by atoms with Crippen LogP contribution in [0.25, 0.3) is 0 Å². The normalized spacial score (nSPS) is 25.0. The Balaban J connectivity index is 1.86. The molecular weight excluding hydrogens is 280 g/mol. The molecule has 6 nitrogen and oxygen atoms in total. The Bertz CT molecular complexity index is 490. The molecule has 0 saturated carbocycles.